The second-order valence-corrected chi connectivity index (χ2v) is 5.86. The Morgan fingerprint density at radius 1 is 1.44 bits per heavy atom. The minimum Gasteiger partial charge on any atom is -0.487 e. The van der Waals surface area contributed by atoms with Gasteiger partial charge in [0.2, 0.25) is 0 Å². The average molecular weight is 316 g/mol. The number of benzene rings is 1. The van der Waals surface area contributed by atoms with E-state index < -0.39 is 0 Å². The minimum absolute atomic E-state index is 0.138. The van der Waals surface area contributed by atoms with Crippen LogP contribution in [0.5, 0.6) is 5.75 Å². The van der Waals surface area contributed by atoms with Crippen LogP contribution < -0.4 is 10.5 Å². The van der Waals surface area contributed by atoms with E-state index in [1.165, 1.54) is 6.42 Å². The second-order valence-electron chi connectivity index (χ2n) is 5.07. The highest BCUT2D eigenvalue weighted by atomic mass is 79.9. The van der Waals surface area contributed by atoms with E-state index in [0.717, 1.165) is 24.8 Å². The lowest BCUT2D eigenvalue weighted by atomic mass is 9.89. The molecule has 2 nitrogen and oxygen atoms in total. The summed E-state index contributed by atoms with van der Waals surface area (Å²) in [6.07, 6.45) is 4.57. The summed E-state index contributed by atoms with van der Waals surface area (Å²) in [4.78, 5) is 0. The van der Waals surface area contributed by atoms with Gasteiger partial charge in [0.25, 0.3) is 0 Å². The maximum absolute atomic E-state index is 14.1. The summed E-state index contributed by atoms with van der Waals surface area (Å²) in [5.41, 5.74) is 6.30. The van der Waals surface area contributed by atoms with Crippen molar-refractivity contribution >= 4 is 15.9 Å². The molecule has 0 bridgehead atoms. The molecule has 0 amide bonds. The van der Waals surface area contributed by atoms with Crippen LogP contribution in [0.1, 0.15) is 38.2 Å². The molecule has 0 spiro atoms. The first-order valence-corrected chi connectivity index (χ1v) is 7.24. The van der Waals surface area contributed by atoms with Crippen molar-refractivity contribution in [3.05, 3.63) is 28.0 Å². The fourth-order valence-corrected chi connectivity index (χ4v) is 2.97. The van der Waals surface area contributed by atoms with E-state index in [2.05, 4.69) is 22.9 Å². The lowest BCUT2D eigenvalue weighted by Crippen LogP contribution is -2.24. The Balaban J connectivity index is 2.12. The van der Waals surface area contributed by atoms with Crippen molar-refractivity contribution in [3.63, 3.8) is 0 Å². The summed E-state index contributed by atoms with van der Waals surface area (Å²) >= 11 is 3.23. The zero-order valence-corrected chi connectivity index (χ0v) is 12.2. The summed E-state index contributed by atoms with van der Waals surface area (Å²) in [7, 11) is 0. The van der Waals surface area contributed by atoms with Crippen LogP contribution in [0, 0.1) is 11.7 Å². The maximum Gasteiger partial charge on any atom is 0.179 e. The summed E-state index contributed by atoms with van der Waals surface area (Å²) in [5.74, 6) is 0.660. The third-order valence-corrected chi connectivity index (χ3v) is 4.39. The molecule has 2 rings (SSSR count). The molecule has 0 radical (unpaired) electrons. The number of ether oxygens (including phenoxy) is 1. The summed E-state index contributed by atoms with van der Waals surface area (Å²) in [6, 6.07) is 3.50. The molecule has 100 valence electrons. The van der Waals surface area contributed by atoms with Gasteiger partial charge in [0.05, 0.1) is 10.6 Å². The molecule has 1 aliphatic rings. The molecule has 1 aliphatic carbocycles. The van der Waals surface area contributed by atoms with E-state index in [4.69, 9.17) is 10.5 Å². The standard InChI is InChI=1S/C14H19BrFNO/c1-9-3-2-4-11(7-9)18-12-6-5-10(8-17)13(15)14(12)16/h5-6,9,11H,2-4,7-8,17H2,1H3. The van der Waals surface area contributed by atoms with Gasteiger partial charge in [0.1, 0.15) is 0 Å². The van der Waals surface area contributed by atoms with Crippen LogP contribution in [-0.2, 0) is 6.54 Å². The maximum atomic E-state index is 14.1. The average Bonchev–Trinajstić information content (AvgIpc) is 2.35. The number of rotatable bonds is 3. The molecule has 0 heterocycles. The molecule has 0 aromatic heterocycles. The quantitative estimate of drug-likeness (QED) is 0.914. The molecule has 2 atom stereocenters. The van der Waals surface area contributed by atoms with E-state index in [-0.39, 0.29) is 11.9 Å². The Morgan fingerprint density at radius 2 is 2.22 bits per heavy atom. The molecule has 0 aliphatic heterocycles. The van der Waals surface area contributed by atoms with Crippen molar-refractivity contribution < 1.29 is 9.13 Å². The molecule has 1 aromatic rings. The number of nitrogens with two attached hydrogens (primary N) is 1. The molecule has 0 saturated heterocycles. The Labute approximate surface area is 116 Å². The van der Waals surface area contributed by atoms with Crippen molar-refractivity contribution in [1.82, 2.24) is 0 Å². The van der Waals surface area contributed by atoms with Crippen molar-refractivity contribution in [1.29, 1.82) is 0 Å². The van der Waals surface area contributed by atoms with Crippen molar-refractivity contribution in [2.45, 2.75) is 45.3 Å². The third kappa shape index (κ3) is 3.04. The zero-order valence-electron chi connectivity index (χ0n) is 10.6. The molecule has 2 N–H and O–H groups in total. The van der Waals surface area contributed by atoms with Crippen molar-refractivity contribution in [3.8, 4) is 5.75 Å². The predicted molar refractivity (Wildman–Crippen MR) is 74.0 cm³/mol. The van der Waals surface area contributed by atoms with Gasteiger partial charge in [-0.3, -0.25) is 0 Å². The Bertz CT molecular complexity index is 425. The minimum atomic E-state index is -0.337. The number of halogens is 2. The van der Waals surface area contributed by atoms with Gasteiger partial charge in [-0.2, -0.15) is 0 Å². The molecule has 2 unspecified atom stereocenters. The van der Waals surface area contributed by atoms with Crippen LogP contribution in [-0.4, -0.2) is 6.10 Å². The van der Waals surface area contributed by atoms with E-state index >= 15 is 0 Å². The van der Waals surface area contributed by atoms with Crippen LogP contribution in [0.15, 0.2) is 16.6 Å². The lowest BCUT2D eigenvalue weighted by Gasteiger charge is -2.27. The Hall–Kier alpha value is -0.610. The molecule has 1 saturated carbocycles. The highest BCUT2D eigenvalue weighted by Crippen LogP contribution is 2.32. The smallest absolute Gasteiger partial charge is 0.179 e. The highest BCUT2D eigenvalue weighted by Gasteiger charge is 2.22. The van der Waals surface area contributed by atoms with E-state index in [1.807, 2.05) is 6.07 Å². The van der Waals surface area contributed by atoms with Crippen LogP contribution in [0.3, 0.4) is 0 Å². The largest absolute Gasteiger partial charge is 0.487 e. The fourth-order valence-electron chi connectivity index (χ4n) is 2.49. The van der Waals surface area contributed by atoms with Gasteiger partial charge in [-0.1, -0.05) is 19.4 Å². The first-order valence-electron chi connectivity index (χ1n) is 6.45. The fraction of sp³-hybridized carbons (Fsp3) is 0.571. The molecule has 18 heavy (non-hydrogen) atoms. The van der Waals surface area contributed by atoms with Crippen molar-refractivity contribution in [2.75, 3.05) is 0 Å². The molecule has 1 fully saturated rings. The van der Waals surface area contributed by atoms with Gasteiger partial charge in [0.15, 0.2) is 11.6 Å². The Morgan fingerprint density at radius 3 is 2.89 bits per heavy atom. The van der Waals surface area contributed by atoms with Crippen LogP contribution in [0.25, 0.3) is 0 Å². The summed E-state index contributed by atoms with van der Waals surface area (Å²) in [6.45, 7) is 2.54. The van der Waals surface area contributed by atoms with Gasteiger partial charge < -0.3 is 10.5 Å². The lowest BCUT2D eigenvalue weighted by molar-refractivity contribution is 0.124. The van der Waals surface area contributed by atoms with E-state index in [1.54, 1.807) is 6.07 Å². The molecule has 1 aromatic carbocycles. The monoisotopic (exact) mass is 315 g/mol. The normalized spacial score (nSPS) is 24.0. The molecule has 4 heteroatoms. The third-order valence-electron chi connectivity index (χ3n) is 3.53. The zero-order chi connectivity index (χ0) is 13.1. The summed E-state index contributed by atoms with van der Waals surface area (Å²) < 4.78 is 20.3. The van der Waals surface area contributed by atoms with Crippen LogP contribution in [0.2, 0.25) is 0 Å². The van der Waals surface area contributed by atoms with Gasteiger partial charge in [-0.15, -0.1) is 0 Å². The van der Waals surface area contributed by atoms with E-state index in [9.17, 15) is 4.39 Å². The van der Waals surface area contributed by atoms with Gasteiger partial charge >= 0.3 is 0 Å². The Kier molecular flexibility index (Phi) is 4.62. The van der Waals surface area contributed by atoms with Crippen LogP contribution >= 0.6 is 15.9 Å². The first kappa shape index (κ1) is 13.8. The molecular formula is C14H19BrFNO. The second kappa shape index (κ2) is 6.02. The van der Waals surface area contributed by atoms with Gasteiger partial charge in [0, 0.05) is 6.54 Å². The van der Waals surface area contributed by atoms with Gasteiger partial charge in [-0.25, -0.2) is 4.39 Å². The number of hydrogen-bond donors (Lipinski definition) is 1. The highest BCUT2D eigenvalue weighted by molar-refractivity contribution is 9.10. The predicted octanol–water partition coefficient (Wildman–Crippen LogP) is 4.00. The van der Waals surface area contributed by atoms with Gasteiger partial charge in [-0.05, 0) is 52.7 Å². The number of hydrogen-bond acceptors (Lipinski definition) is 2. The molecular weight excluding hydrogens is 297 g/mol. The van der Waals surface area contributed by atoms with E-state index in [0.29, 0.717) is 22.7 Å². The SMILES string of the molecule is CC1CCCC(Oc2ccc(CN)c(Br)c2F)C1. The van der Waals surface area contributed by atoms with Crippen molar-refractivity contribution in [2.24, 2.45) is 11.7 Å². The van der Waals surface area contributed by atoms with Crippen LogP contribution in [0.4, 0.5) is 4.39 Å². The topological polar surface area (TPSA) is 35.2 Å². The first-order chi connectivity index (χ1) is 8.61. The summed E-state index contributed by atoms with van der Waals surface area (Å²) in [5, 5.41) is 0.